The van der Waals surface area contributed by atoms with E-state index in [1.54, 1.807) is 6.20 Å². The number of pyridine rings is 1. The number of rotatable bonds is 1. The number of nitrogens with zero attached hydrogens (tertiary/aromatic N) is 3. The average molecular weight is 283 g/mol. The molecule has 0 amide bonds. The lowest BCUT2D eigenvalue weighted by Crippen LogP contribution is -2.11. The van der Waals surface area contributed by atoms with Crippen molar-refractivity contribution < 1.29 is 4.55 Å². The first-order chi connectivity index (χ1) is 9.74. The predicted molar refractivity (Wildman–Crippen MR) is 77.9 cm³/mol. The third-order valence-electron chi connectivity index (χ3n) is 3.67. The molecule has 0 saturated heterocycles. The monoisotopic (exact) mass is 283 g/mol. The van der Waals surface area contributed by atoms with E-state index in [1.165, 1.54) is 5.56 Å². The lowest BCUT2D eigenvalue weighted by molar-refractivity contribution is 0.584. The van der Waals surface area contributed by atoms with Gasteiger partial charge in [-0.15, -0.1) is 0 Å². The van der Waals surface area contributed by atoms with Crippen LogP contribution in [0.1, 0.15) is 16.5 Å². The first-order valence-corrected chi connectivity index (χ1v) is 7.74. The molecule has 0 fully saturated rings. The van der Waals surface area contributed by atoms with E-state index in [0.717, 1.165) is 16.7 Å². The zero-order valence-corrected chi connectivity index (χ0v) is 11.8. The van der Waals surface area contributed by atoms with Gasteiger partial charge in [0.25, 0.3) is 0 Å². The maximum absolute atomic E-state index is 12.6. The molecule has 0 aliphatic carbocycles. The van der Waals surface area contributed by atoms with Crippen molar-refractivity contribution >= 4 is 22.2 Å². The fraction of sp³-hybridized carbons (Fsp3) is 0.200. The molecule has 2 unspecified atom stereocenters. The molecule has 0 radical (unpaired) electrons. The average Bonchev–Trinajstić information content (AvgIpc) is 2.97. The van der Waals surface area contributed by atoms with Gasteiger partial charge in [-0.2, -0.15) is 4.98 Å². The molecule has 100 valence electrons. The summed E-state index contributed by atoms with van der Waals surface area (Å²) in [6, 6.07) is 11.9. The van der Waals surface area contributed by atoms with Crippen LogP contribution in [0, 0.1) is 6.92 Å². The second-order valence-corrected chi connectivity index (χ2v) is 6.57. The topological polar surface area (TPSA) is 53.8 Å². The molecule has 0 N–H and O–H groups in total. The van der Waals surface area contributed by atoms with Crippen molar-refractivity contribution in [1.82, 2.24) is 14.5 Å². The Labute approximate surface area is 119 Å². The molecule has 2 aromatic heterocycles. The zero-order chi connectivity index (χ0) is 13.7. The van der Waals surface area contributed by atoms with Crippen LogP contribution in [0.25, 0.3) is 11.0 Å². The summed E-state index contributed by atoms with van der Waals surface area (Å²) >= 11 is -1.14. The molecule has 1 aromatic carbocycles. The van der Waals surface area contributed by atoms with Crippen LogP contribution < -0.4 is 0 Å². The molecular formula is C15H13N3OS. The SMILES string of the molecule is Cc1ccc2c(c1)nc1n2CC(c2ccccn2)[S+]1[O-]. The van der Waals surface area contributed by atoms with Gasteiger partial charge in [-0.05, 0) is 36.8 Å². The highest BCUT2D eigenvalue weighted by molar-refractivity contribution is 7.91. The molecule has 4 nitrogen and oxygen atoms in total. The molecular weight excluding hydrogens is 270 g/mol. The standard InChI is InChI=1S/C15H13N3OS/c1-10-5-6-13-12(8-10)17-15-18(13)9-14(20(15)19)11-4-2-3-7-16-11/h2-8,14H,9H2,1H3. The summed E-state index contributed by atoms with van der Waals surface area (Å²) in [5.74, 6) is 0. The van der Waals surface area contributed by atoms with Gasteiger partial charge in [-0.25, -0.2) is 0 Å². The van der Waals surface area contributed by atoms with E-state index >= 15 is 0 Å². The van der Waals surface area contributed by atoms with Crippen LogP contribution in [-0.2, 0) is 17.7 Å². The number of aromatic nitrogens is 3. The number of fused-ring (bicyclic) bond motifs is 3. The lowest BCUT2D eigenvalue weighted by atomic mass is 10.2. The van der Waals surface area contributed by atoms with Gasteiger partial charge in [0.2, 0.25) is 0 Å². The molecule has 0 saturated carbocycles. The quantitative estimate of drug-likeness (QED) is 0.645. The van der Waals surface area contributed by atoms with Gasteiger partial charge in [0.05, 0.1) is 23.3 Å². The predicted octanol–water partition coefficient (Wildman–Crippen LogP) is 2.60. The number of hydrogen-bond acceptors (Lipinski definition) is 3. The van der Waals surface area contributed by atoms with Crippen molar-refractivity contribution in [3.8, 4) is 0 Å². The van der Waals surface area contributed by atoms with Crippen molar-refractivity contribution in [3.05, 3.63) is 53.9 Å². The number of hydrogen-bond donors (Lipinski definition) is 0. The molecule has 3 aromatic rings. The van der Waals surface area contributed by atoms with E-state index < -0.39 is 11.2 Å². The van der Waals surface area contributed by atoms with E-state index in [-0.39, 0.29) is 5.25 Å². The van der Waals surface area contributed by atoms with Crippen LogP contribution >= 0.6 is 0 Å². The van der Waals surface area contributed by atoms with Gasteiger partial charge in [0, 0.05) is 17.4 Å². The molecule has 1 aliphatic heterocycles. The van der Waals surface area contributed by atoms with Crippen LogP contribution in [0.4, 0.5) is 0 Å². The zero-order valence-electron chi connectivity index (χ0n) is 11.0. The molecule has 3 heterocycles. The highest BCUT2D eigenvalue weighted by Crippen LogP contribution is 2.38. The number of aryl methyl sites for hydroxylation is 1. The molecule has 5 heteroatoms. The molecule has 4 rings (SSSR count). The Hall–Kier alpha value is -1.85. The van der Waals surface area contributed by atoms with Gasteiger partial charge < -0.3 is 4.55 Å². The van der Waals surface area contributed by atoms with Crippen molar-refractivity contribution in [2.75, 3.05) is 0 Å². The van der Waals surface area contributed by atoms with E-state index in [4.69, 9.17) is 0 Å². The summed E-state index contributed by atoms with van der Waals surface area (Å²) in [5, 5.41) is 0.575. The van der Waals surface area contributed by atoms with E-state index in [0.29, 0.717) is 11.7 Å². The van der Waals surface area contributed by atoms with Crippen LogP contribution in [0.2, 0.25) is 0 Å². The molecule has 1 aliphatic rings. The molecule has 0 bridgehead atoms. The largest absolute Gasteiger partial charge is 0.608 e. The molecule has 2 atom stereocenters. The first kappa shape index (κ1) is 11.9. The van der Waals surface area contributed by atoms with Gasteiger partial charge in [0.1, 0.15) is 0 Å². The minimum atomic E-state index is -1.14. The van der Waals surface area contributed by atoms with E-state index in [1.807, 2.05) is 31.2 Å². The Balaban J connectivity index is 1.81. The Morgan fingerprint density at radius 2 is 2.20 bits per heavy atom. The maximum atomic E-state index is 12.6. The number of benzene rings is 1. The third kappa shape index (κ3) is 1.67. The van der Waals surface area contributed by atoms with Gasteiger partial charge in [-0.1, -0.05) is 12.1 Å². The highest BCUT2D eigenvalue weighted by Gasteiger charge is 2.40. The van der Waals surface area contributed by atoms with E-state index in [9.17, 15) is 4.55 Å². The second-order valence-electron chi connectivity index (χ2n) is 5.04. The second kappa shape index (κ2) is 4.33. The van der Waals surface area contributed by atoms with Crippen LogP contribution in [0.5, 0.6) is 0 Å². The Morgan fingerprint density at radius 1 is 1.30 bits per heavy atom. The van der Waals surface area contributed by atoms with Crippen molar-refractivity contribution in [2.24, 2.45) is 0 Å². The number of imidazole rings is 1. The molecule has 20 heavy (non-hydrogen) atoms. The first-order valence-electron chi connectivity index (χ1n) is 6.52. The fourth-order valence-electron chi connectivity index (χ4n) is 2.68. The van der Waals surface area contributed by atoms with Gasteiger partial charge in [0.15, 0.2) is 5.25 Å². The maximum Gasteiger partial charge on any atom is 0.325 e. The van der Waals surface area contributed by atoms with Crippen molar-refractivity contribution in [1.29, 1.82) is 0 Å². The van der Waals surface area contributed by atoms with Crippen LogP contribution in [-0.4, -0.2) is 19.1 Å². The minimum Gasteiger partial charge on any atom is -0.608 e. The smallest absolute Gasteiger partial charge is 0.325 e. The summed E-state index contributed by atoms with van der Waals surface area (Å²) < 4.78 is 14.7. The normalized spacial score (nSPS) is 21.3. The van der Waals surface area contributed by atoms with Crippen LogP contribution in [0.15, 0.2) is 47.8 Å². The Morgan fingerprint density at radius 3 is 3.00 bits per heavy atom. The summed E-state index contributed by atoms with van der Waals surface area (Å²) in [4.78, 5) is 8.88. The molecule has 0 spiro atoms. The summed E-state index contributed by atoms with van der Waals surface area (Å²) in [5.41, 5.74) is 4.02. The van der Waals surface area contributed by atoms with Gasteiger partial charge >= 0.3 is 5.16 Å². The van der Waals surface area contributed by atoms with Gasteiger partial charge in [-0.3, -0.25) is 9.55 Å². The summed E-state index contributed by atoms with van der Waals surface area (Å²) in [7, 11) is 0. The Bertz CT molecular complexity index is 784. The third-order valence-corrected chi connectivity index (χ3v) is 5.25. The summed E-state index contributed by atoms with van der Waals surface area (Å²) in [6.45, 7) is 2.72. The highest BCUT2D eigenvalue weighted by atomic mass is 32.2. The Kier molecular flexibility index (Phi) is 2.58. The van der Waals surface area contributed by atoms with Crippen LogP contribution in [0.3, 0.4) is 0 Å². The fourth-order valence-corrected chi connectivity index (χ4v) is 4.15. The minimum absolute atomic E-state index is 0.0931. The van der Waals surface area contributed by atoms with E-state index in [2.05, 4.69) is 26.7 Å². The lowest BCUT2D eigenvalue weighted by Gasteiger charge is -2.10. The summed E-state index contributed by atoms with van der Waals surface area (Å²) in [6.07, 6.45) is 1.75. The van der Waals surface area contributed by atoms with Crippen molar-refractivity contribution in [2.45, 2.75) is 23.9 Å². The van der Waals surface area contributed by atoms with Crippen molar-refractivity contribution in [3.63, 3.8) is 0 Å².